The second-order valence-electron chi connectivity index (χ2n) is 7.02. The van der Waals surface area contributed by atoms with E-state index in [1.807, 2.05) is 31.2 Å². The molecule has 0 saturated carbocycles. The van der Waals surface area contributed by atoms with Crippen LogP contribution in [0.5, 0.6) is 0 Å². The first-order chi connectivity index (χ1) is 13.5. The predicted molar refractivity (Wildman–Crippen MR) is 103 cm³/mol. The van der Waals surface area contributed by atoms with Crippen LogP contribution in [0.4, 0.5) is 0 Å². The molecule has 4 heterocycles. The van der Waals surface area contributed by atoms with Gasteiger partial charge in [0.1, 0.15) is 30.3 Å². The van der Waals surface area contributed by atoms with Crippen molar-refractivity contribution in [3.05, 3.63) is 64.9 Å². The van der Waals surface area contributed by atoms with Crippen LogP contribution in [0.2, 0.25) is 5.02 Å². The Hall–Kier alpha value is -2.45. The van der Waals surface area contributed by atoms with E-state index in [0.29, 0.717) is 10.7 Å². The van der Waals surface area contributed by atoms with Gasteiger partial charge in [0.05, 0.1) is 12.0 Å². The molecule has 1 saturated heterocycles. The number of aromatic nitrogens is 3. The molecule has 0 bridgehead atoms. The van der Waals surface area contributed by atoms with Gasteiger partial charge in [0, 0.05) is 22.2 Å². The fourth-order valence-electron chi connectivity index (χ4n) is 3.94. The first kappa shape index (κ1) is 17.6. The molecule has 7 nitrogen and oxygen atoms in total. The molecule has 0 radical (unpaired) electrons. The van der Waals surface area contributed by atoms with Crippen LogP contribution in [0.15, 0.2) is 43.1 Å². The van der Waals surface area contributed by atoms with Crippen molar-refractivity contribution in [2.75, 3.05) is 0 Å². The average Bonchev–Trinajstić information content (AvgIpc) is 3.24. The Morgan fingerprint density at radius 2 is 2.00 bits per heavy atom. The van der Waals surface area contributed by atoms with Crippen LogP contribution in [-0.4, -0.2) is 43.1 Å². The van der Waals surface area contributed by atoms with Crippen LogP contribution in [-0.2, 0) is 9.47 Å². The minimum atomic E-state index is -1.14. The summed E-state index contributed by atoms with van der Waals surface area (Å²) in [5, 5.41) is 22.9. The van der Waals surface area contributed by atoms with E-state index in [2.05, 4.69) is 9.97 Å². The molecule has 2 N–H and O–H groups in total. The smallest absolute Gasteiger partial charge is 0.164 e. The van der Waals surface area contributed by atoms with Crippen molar-refractivity contribution in [3.8, 4) is 0 Å². The van der Waals surface area contributed by atoms with Crippen molar-refractivity contribution in [2.24, 2.45) is 0 Å². The average molecular weight is 400 g/mol. The summed E-state index contributed by atoms with van der Waals surface area (Å²) in [7, 11) is 0. The summed E-state index contributed by atoms with van der Waals surface area (Å²) in [4.78, 5) is 8.50. The highest BCUT2D eigenvalue weighted by molar-refractivity contribution is 6.30. The van der Waals surface area contributed by atoms with E-state index in [0.717, 1.165) is 22.2 Å². The molecule has 144 valence electrons. The molecule has 3 aromatic rings. The van der Waals surface area contributed by atoms with Gasteiger partial charge in [-0.1, -0.05) is 17.7 Å². The topological polar surface area (TPSA) is 89.6 Å². The summed E-state index contributed by atoms with van der Waals surface area (Å²) in [5.74, 6) is 0. The molecule has 1 aromatic carbocycles. The molecular formula is C20H18ClN3O4. The van der Waals surface area contributed by atoms with Crippen LogP contribution < -0.4 is 0 Å². The highest BCUT2D eigenvalue weighted by Gasteiger charge is 2.49. The third-order valence-corrected chi connectivity index (χ3v) is 5.62. The Kier molecular flexibility index (Phi) is 4.13. The Morgan fingerprint density at radius 1 is 1.14 bits per heavy atom. The number of hydrogen-bond donors (Lipinski definition) is 2. The molecule has 2 aliphatic heterocycles. The molecule has 0 amide bonds. The van der Waals surface area contributed by atoms with Gasteiger partial charge >= 0.3 is 0 Å². The number of rotatable bonds is 2. The second kappa shape index (κ2) is 6.56. The van der Waals surface area contributed by atoms with E-state index in [1.165, 1.54) is 6.33 Å². The van der Waals surface area contributed by atoms with Crippen molar-refractivity contribution in [2.45, 2.75) is 37.6 Å². The van der Waals surface area contributed by atoms with Gasteiger partial charge in [-0.3, -0.25) is 0 Å². The minimum absolute atomic E-state index is 0.565. The molecule has 28 heavy (non-hydrogen) atoms. The van der Waals surface area contributed by atoms with E-state index in [-0.39, 0.29) is 0 Å². The SMILES string of the molecule is Cc1ncnc2c1ccn2[C@@H]1O[C@H]([C@@H]2OC=Cc3cc(Cl)ccc32)[C@@H](O)[C@H]1O. The zero-order valence-corrected chi connectivity index (χ0v) is 15.7. The van der Waals surface area contributed by atoms with Gasteiger partial charge in [-0.05, 0) is 36.8 Å². The zero-order valence-electron chi connectivity index (χ0n) is 14.9. The summed E-state index contributed by atoms with van der Waals surface area (Å²) in [6.07, 6.45) is 2.23. The van der Waals surface area contributed by atoms with E-state index in [4.69, 9.17) is 21.1 Å². The molecule has 5 atom stereocenters. The highest BCUT2D eigenvalue weighted by Crippen LogP contribution is 2.41. The number of nitrogens with zero attached hydrogens (tertiary/aromatic N) is 3. The summed E-state index contributed by atoms with van der Waals surface area (Å²) in [6, 6.07) is 7.32. The molecule has 0 spiro atoms. The quantitative estimate of drug-likeness (QED) is 0.688. The fraction of sp³-hybridized carbons (Fsp3) is 0.300. The van der Waals surface area contributed by atoms with Gasteiger partial charge in [-0.2, -0.15) is 0 Å². The first-order valence-electron chi connectivity index (χ1n) is 8.96. The summed E-state index contributed by atoms with van der Waals surface area (Å²) in [6.45, 7) is 1.89. The third kappa shape index (κ3) is 2.62. The van der Waals surface area contributed by atoms with Gasteiger partial charge in [0.2, 0.25) is 0 Å². The highest BCUT2D eigenvalue weighted by atomic mass is 35.5. The summed E-state index contributed by atoms with van der Waals surface area (Å²) >= 11 is 6.08. The van der Waals surface area contributed by atoms with E-state index >= 15 is 0 Å². The second-order valence-corrected chi connectivity index (χ2v) is 7.46. The van der Waals surface area contributed by atoms with Crippen LogP contribution in [0.3, 0.4) is 0 Å². The molecule has 0 unspecified atom stereocenters. The number of halogens is 1. The number of fused-ring (bicyclic) bond motifs is 2. The van der Waals surface area contributed by atoms with Crippen LogP contribution in [0, 0.1) is 6.92 Å². The van der Waals surface area contributed by atoms with Gasteiger partial charge in [0.25, 0.3) is 0 Å². The maximum atomic E-state index is 10.7. The van der Waals surface area contributed by atoms with Crippen molar-refractivity contribution >= 4 is 28.7 Å². The van der Waals surface area contributed by atoms with Crippen LogP contribution >= 0.6 is 11.6 Å². The number of ether oxygens (including phenoxy) is 2. The summed E-state index contributed by atoms with van der Waals surface area (Å²) in [5.41, 5.74) is 3.22. The Bertz CT molecular complexity index is 1080. The third-order valence-electron chi connectivity index (χ3n) is 5.38. The Labute approximate surface area is 165 Å². The molecule has 2 aliphatic rings. The molecule has 2 aromatic heterocycles. The van der Waals surface area contributed by atoms with Crippen molar-refractivity contribution in [1.29, 1.82) is 0 Å². The lowest BCUT2D eigenvalue weighted by Gasteiger charge is -2.29. The summed E-state index contributed by atoms with van der Waals surface area (Å²) < 4.78 is 13.6. The fourth-order valence-corrected chi connectivity index (χ4v) is 4.12. The van der Waals surface area contributed by atoms with Gasteiger partial charge in [-0.15, -0.1) is 0 Å². The van der Waals surface area contributed by atoms with Crippen molar-refractivity contribution < 1.29 is 19.7 Å². The lowest BCUT2D eigenvalue weighted by Crippen LogP contribution is -2.36. The van der Waals surface area contributed by atoms with E-state index < -0.39 is 30.6 Å². The van der Waals surface area contributed by atoms with Crippen molar-refractivity contribution in [3.63, 3.8) is 0 Å². The minimum Gasteiger partial charge on any atom is -0.490 e. The molecule has 5 rings (SSSR count). The monoisotopic (exact) mass is 399 g/mol. The lowest BCUT2D eigenvalue weighted by atomic mass is 9.94. The Balaban J connectivity index is 1.51. The molecule has 1 fully saturated rings. The Morgan fingerprint density at radius 3 is 2.86 bits per heavy atom. The normalized spacial score (nSPS) is 29.1. The maximum Gasteiger partial charge on any atom is 0.164 e. The van der Waals surface area contributed by atoms with E-state index in [9.17, 15) is 10.2 Å². The molecule has 8 heteroatoms. The van der Waals surface area contributed by atoms with Gasteiger partial charge in [-0.25, -0.2) is 9.97 Å². The molecular weight excluding hydrogens is 382 g/mol. The van der Waals surface area contributed by atoms with Crippen LogP contribution in [0.25, 0.3) is 17.1 Å². The van der Waals surface area contributed by atoms with Crippen molar-refractivity contribution in [1.82, 2.24) is 14.5 Å². The number of aliphatic hydroxyl groups is 2. The van der Waals surface area contributed by atoms with E-state index in [1.54, 1.807) is 23.1 Å². The lowest BCUT2D eigenvalue weighted by molar-refractivity contribution is -0.0890. The number of aryl methyl sites for hydroxylation is 1. The van der Waals surface area contributed by atoms with Crippen LogP contribution in [0.1, 0.15) is 29.2 Å². The zero-order chi connectivity index (χ0) is 19.4. The first-order valence-corrected chi connectivity index (χ1v) is 9.33. The molecule has 0 aliphatic carbocycles. The standard InChI is InChI=1S/C20H18ClN3O4/c1-10-13-4-6-24(19(13)23-9-22-10)20-16(26)15(25)18(28-20)17-14-3-2-12(21)8-11(14)5-7-27-17/h2-9,15-18,20,25-26H,1H3/t15-,16+,17+,18-,20+/m0/s1. The number of aliphatic hydroxyl groups excluding tert-OH is 2. The largest absolute Gasteiger partial charge is 0.490 e. The predicted octanol–water partition coefficient (Wildman–Crippen LogP) is 2.75. The number of benzene rings is 1. The van der Waals surface area contributed by atoms with Gasteiger partial charge < -0.3 is 24.3 Å². The van der Waals surface area contributed by atoms with Gasteiger partial charge in [0.15, 0.2) is 12.3 Å². The maximum absolute atomic E-state index is 10.7. The number of hydrogen-bond acceptors (Lipinski definition) is 6.